The quantitative estimate of drug-likeness (QED) is 0.389. The Morgan fingerprint density at radius 2 is 0.857 bits per heavy atom. The van der Waals surface area contributed by atoms with E-state index in [1.807, 2.05) is 0 Å². The molecule has 0 atom stereocenters. The molecule has 0 aliphatic carbocycles. The average Bonchev–Trinajstić information content (AvgIpc) is 0.918. The minimum atomic E-state index is -0.106. The third-order valence-electron chi connectivity index (χ3n) is 0. The molecule has 0 aliphatic rings. The number of hydrogen-bond acceptors (Lipinski definition) is 0. The van der Waals surface area contributed by atoms with Gasteiger partial charge in [-0.25, -0.2) is 0 Å². The standard InChI is InChI=1S/4ClH.2Na.Pd/h4*1H;;;/q;;;;2*+1;+2/p-4. The normalized spacial score (nSPS) is 3.14. The number of rotatable bonds is 0. The van der Waals surface area contributed by atoms with Gasteiger partial charge in [0.25, 0.3) is 0 Å². The second kappa shape index (κ2) is 32.9. The second-order valence-electron chi connectivity index (χ2n) is 0.0452. The van der Waals surface area contributed by atoms with Gasteiger partial charge in [0.05, 0.1) is 0 Å². The molecule has 7 heavy (non-hydrogen) atoms. The summed E-state index contributed by atoms with van der Waals surface area (Å²) in [4.78, 5) is 0. The van der Waals surface area contributed by atoms with Gasteiger partial charge in [0, 0.05) is 0 Å². The van der Waals surface area contributed by atoms with E-state index in [1.54, 1.807) is 0 Å². The maximum atomic E-state index is 4.81. The van der Waals surface area contributed by atoms with Crippen LogP contribution in [0.1, 0.15) is 0 Å². The molecule has 0 heterocycles. The smallest absolute Gasteiger partial charge is 1.00 e. The zero-order valence-corrected chi connectivity index (χ0v) is 12.4. The van der Waals surface area contributed by atoms with Crippen molar-refractivity contribution in [2.75, 3.05) is 0 Å². The van der Waals surface area contributed by atoms with Crippen molar-refractivity contribution in [1.82, 2.24) is 0 Å². The van der Waals surface area contributed by atoms with E-state index in [9.17, 15) is 0 Å². The number of hydrogen-bond donors (Lipinski definition) is 0. The summed E-state index contributed by atoms with van der Waals surface area (Å²) in [6, 6.07) is 0. The van der Waals surface area contributed by atoms with Crippen LogP contribution in [-0.4, -0.2) is 0 Å². The van der Waals surface area contributed by atoms with Crippen LogP contribution in [-0.2, 0) is 15.9 Å². The fourth-order valence-corrected chi connectivity index (χ4v) is 0. The molecule has 0 aromatic carbocycles. The Hall–Kier alpha value is 3.82. The van der Waals surface area contributed by atoms with Crippen LogP contribution in [0.5, 0.6) is 0 Å². The zero-order chi connectivity index (χ0) is 2.71. The van der Waals surface area contributed by atoms with E-state index in [0.29, 0.717) is 0 Å². The van der Waals surface area contributed by atoms with Gasteiger partial charge < -0.3 is 24.8 Å². The van der Waals surface area contributed by atoms with Gasteiger partial charge >= 0.3 is 94.1 Å². The zero-order valence-electron chi connectivity index (χ0n) is 3.83. The van der Waals surface area contributed by atoms with Crippen molar-refractivity contribution in [1.29, 1.82) is 0 Å². The first kappa shape index (κ1) is 30.8. The average molecular weight is 294 g/mol. The third kappa shape index (κ3) is 41.1. The maximum absolute atomic E-state index is 4.81. The molecule has 0 aromatic heterocycles. The van der Waals surface area contributed by atoms with Crippen LogP contribution in [0.15, 0.2) is 0 Å². The van der Waals surface area contributed by atoms with Gasteiger partial charge in [-0.3, -0.25) is 0 Å². The van der Waals surface area contributed by atoms with Crippen LogP contribution in [0.2, 0.25) is 0 Å². The van der Waals surface area contributed by atoms with Crippen LogP contribution in [0.25, 0.3) is 0 Å². The van der Waals surface area contributed by atoms with E-state index in [-0.39, 0.29) is 99.9 Å². The van der Waals surface area contributed by atoms with Crippen molar-refractivity contribution < 1.29 is 99.9 Å². The molecule has 0 fully saturated rings. The SMILES string of the molecule is [Cl-].[Cl-].[Cl][Pd][Cl].[Na+].[Na+]. The largest absolute Gasteiger partial charge is 1.00 e. The first-order valence-corrected chi connectivity index (χ1v) is 4.24. The van der Waals surface area contributed by atoms with Crippen molar-refractivity contribution in [3.8, 4) is 0 Å². The van der Waals surface area contributed by atoms with Gasteiger partial charge in [-0.1, -0.05) is 0 Å². The van der Waals surface area contributed by atoms with E-state index in [2.05, 4.69) is 0 Å². The Labute approximate surface area is 116 Å². The molecule has 0 bridgehead atoms. The fourth-order valence-electron chi connectivity index (χ4n) is 0. The van der Waals surface area contributed by atoms with Gasteiger partial charge in [-0.05, 0) is 0 Å². The Balaban J connectivity index is -0.00000000333. The van der Waals surface area contributed by atoms with Crippen molar-refractivity contribution in [2.45, 2.75) is 0 Å². The van der Waals surface area contributed by atoms with E-state index in [0.717, 1.165) is 0 Å². The molecule has 0 N–H and O–H groups in total. The second-order valence-corrected chi connectivity index (χ2v) is 2.41. The van der Waals surface area contributed by atoms with Gasteiger partial charge in [-0.15, -0.1) is 0 Å². The minimum Gasteiger partial charge on any atom is 1.00 e. The van der Waals surface area contributed by atoms with Crippen molar-refractivity contribution in [2.24, 2.45) is 0 Å². The predicted molar refractivity (Wildman–Crippen MR) is 11.7 cm³/mol. The molecule has 0 rings (SSSR count). The minimum absolute atomic E-state index is 0. The predicted octanol–water partition coefficient (Wildman–Crippen LogP) is -10.6. The molecule has 0 radical (unpaired) electrons. The monoisotopic (exact) mass is 292 g/mol. The maximum Gasteiger partial charge on any atom is 1.00 e. The summed E-state index contributed by atoms with van der Waals surface area (Å²) in [7, 11) is 9.63. The van der Waals surface area contributed by atoms with Crippen LogP contribution in [0, 0.1) is 0 Å². The van der Waals surface area contributed by atoms with Gasteiger partial charge in [0.1, 0.15) is 0 Å². The van der Waals surface area contributed by atoms with E-state index in [1.165, 1.54) is 0 Å². The topological polar surface area (TPSA) is 0 Å². The van der Waals surface area contributed by atoms with E-state index < -0.39 is 0 Å². The summed E-state index contributed by atoms with van der Waals surface area (Å²) >= 11 is -0.106. The molecule has 0 saturated carbocycles. The molecule has 0 spiro atoms. The fraction of sp³-hybridized carbons (Fsp3) is 0. The van der Waals surface area contributed by atoms with Crippen LogP contribution in [0.4, 0.5) is 0 Å². The van der Waals surface area contributed by atoms with Crippen LogP contribution < -0.4 is 83.9 Å². The van der Waals surface area contributed by atoms with Crippen molar-refractivity contribution >= 4 is 19.1 Å². The summed E-state index contributed by atoms with van der Waals surface area (Å²) in [6.07, 6.45) is 0. The number of halogens is 4. The summed E-state index contributed by atoms with van der Waals surface area (Å²) < 4.78 is 0. The molecule has 0 unspecified atom stereocenters. The molecule has 7 heteroatoms. The molecular weight excluding hydrogens is 294 g/mol. The third-order valence-corrected chi connectivity index (χ3v) is 0. The molecule has 0 aromatic rings. The summed E-state index contributed by atoms with van der Waals surface area (Å²) in [6.45, 7) is 0. The molecule has 0 amide bonds. The van der Waals surface area contributed by atoms with Gasteiger partial charge in [0.2, 0.25) is 0 Å². The van der Waals surface area contributed by atoms with E-state index in [4.69, 9.17) is 19.1 Å². The van der Waals surface area contributed by atoms with Gasteiger partial charge in [0.15, 0.2) is 0 Å². The summed E-state index contributed by atoms with van der Waals surface area (Å²) in [5.74, 6) is 0. The van der Waals surface area contributed by atoms with Crippen molar-refractivity contribution in [3.05, 3.63) is 0 Å². The van der Waals surface area contributed by atoms with E-state index >= 15 is 0 Å². The summed E-state index contributed by atoms with van der Waals surface area (Å²) in [5, 5.41) is 0. The Morgan fingerprint density at radius 1 is 0.857 bits per heavy atom. The van der Waals surface area contributed by atoms with Crippen molar-refractivity contribution in [3.63, 3.8) is 0 Å². The first-order chi connectivity index (χ1) is 1.41. The molecule has 0 saturated heterocycles. The molecule has 0 aliphatic heterocycles. The summed E-state index contributed by atoms with van der Waals surface area (Å²) in [5.41, 5.74) is 0. The Morgan fingerprint density at radius 3 is 0.857 bits per heavy atom. The Bertz CT molecular complexity index is 9.65. The molecule has 0 nitrogen and oxygen atoms in total. The van der Waals surface area contributed by atoms with Crippen LogP contribution in [0.3, 0.4) is 0 Å². The Kier molecular flexibility index (Phi) is 145. The molecule has 40 valence electrons. The molecular formula is Cl4Na2Pd. The first-order valence-electron chi connectivity index (χ1n) is 0.239. The van der Waals surface area contributed by atoms with Gasteiger partial charge in [-0.2, -0.15) is 0 Å². The van der Waals surface area contributed by atoms with Crippen LogP contribution >= 0.6 is 19.1 Å².